The lowest BCUT2D eigenvalue weighted by atomic mass is 10.1. The average molecular weight is 1780 g/mol. The minimum Gasteiger partial charge on any atom is -0.379 e. The number of aromatic nitrogens is 10. The zero-order valence-electron chi connectivity index (χ0n) is 68.7. The van der Waals surface area contributed by atoms with Crippen LogP contribution in [0.1, 0.15) is 95.0 Å². The largest absolute Gasteiger partial charge is 0.379 e. The number of likely N-dealkylation sites (tertiary alicyclic amines) is 2. The Hall–Kier alpha value is -13.9. The van der Waals surface area contributed by atoms with E-state index < -0.39 is 12.1 Å². The number of benzene rings is 8. The Bertz CT molecular complexity index is 6670. The molecule has 0 unspecified atom stereocenters. The Morgan fingerprint density at radius 2 is 0.883 bits per heavy atom. The molecule has 0 bridgehead atoms. The zero-order chi connectivity index (χ0) is 87.0. The first-order valence-corrected chi connectivity index (χ1v) is 45.1. The average Bonchev–Trinajstić information content (AvgIpc) is 1.56. The first kappa shape index (κ1) is 82.4. The lowest BCUT2D eigenvalue weighted by Gasteiger charge is -2.29. The highest BCUT2D eigenvalue weighted by Gasteiger charge is 2.39. The van der Waals surface area contributed by atoms with E-state index in [2.05, 4.69) is 116 Å². The van der Waals surface area contributed by atoms with Gasteiger partial charge in [-0.3, -0.25) is 24.2 Å². The number of carbonyl (C=O) groups is 6. The van der Waals surface area contributed by atoms with E-state index >= 15 is 0 Å². The van der Waals surface area contributed by atoms with Crippen molar-refractivity contribution >= 4 is 197 Å². The maximum absolute atomic E-state index is 13.7. The number of hydrogen-bond donors (Lipinski definition) is 8. The standard InChI is InChI=1S/C34H29FN8O2S.C33H27FN8O3S.C26H24N6O2S2/c35-22-6-4-5-21(15-22)16-27-39-25-12-11-24(17-26(25)40-27)43-31-28-29(41-34(43)45)30(46-33(28)37-19-36-31)32(44)38-23-9-7-20(8-10-23)18-42-13-2-1-3-14-42;34-21-3-1-2-20(14-21)15-26-38-24-9-8-23(16-25(24)39-26)42-30-27-28(40-33(42)44)29(46-32(27)36-18-35-30)31(43)37-22-6-4-19(5-7-22)17-41-10-12-45-13-11-41;1-31-13-11-16(12-14-31)29-24(33)22-21-20-23(27-15-28-25(20)36-22)32(26(34)30-21)17-7-9-19(10-8-17)35-18-5-3-2-4-6-18/h4-12,15,17,19H,1-3,13-14,16,18H2,(H,38,44)(H,39,40)(H,41,45);1-9,14,16,18H,10-13,15,17H2,(H,37,43)(H,38,39)(H,40,44);2-10,15-16H,11-14H2,1H3,(H,29,33)(H,30,34). The minimum atomic E-state index is -0.453. The summed E-state index contributed by atoms with van der Waals surface area (Å²) in [4.78, 5) is 140. The summed E-state index contributed by atoms with van der Waals surface area (Å²) in [7, 11) is 2.09. The van der Waals surface area contributed by atoms with Crippen molar-refractivity contribution < 1.29 is 42.3 Å². The van der Waals surface area contributed by atoms with E-state index in [0.29, 0.717) is 144 Å². The van der Waals surface area contributed by atoms with Crippen LogP contribution in [-0.2, 0) is 30.7 Å². The molecule has 9 amide bonds. The number of morpholine rings is 1. The molecule has 3 fully saturated rings. The van der Waals surface area contributed by atoms with Crippen LogP contribution in [-0.4, -0.2) is 166 Å². The highest BCUT2D eigenvalue weighted by atomic mass is 32.2. The van der Waals surface area contributed by atoms with E-state index in [1.165, 1.54) is 112 Å². The van der Waals surface area contributed by atoms with E-state index in [-0.39, 0.29) is 41.4 Å². The highest BCUT2D eigenvalue weighted by Crippen LogP contribution is 2.49. The van der Waals surface area contributed by atoms with Gasteiger partial charge in [-0.15, -0.1) is 34.0 Å². The smallest absolute Gasteiger partial charge is 0.332 e. The van der Waals surface area contributed by atoms with Gasteiger partial charge in [0.15, 0.2) is 17.5 Å². The minimum absolute atomic E-state index is 0.125. The summed E-state index contributed by atoms with van der Waals surface area (Å²) >= 11 is 5.35. The van der Waals surface area contributed by atoms with Gasteiger partial charge in [-0.1, -0.05) is 84.9 Å². The highest BCUT2D eigenvalue weighted by molar-refractivity contribution is 7.99. The molecule has 3 saturated heterocycles. The molecular formula is C93H80F2N22O7S4. The van der Waals surface area contributed by atoms with Crippen LogP contribution < -0.4 is 46.6 Å². The summed E-state index contributed by atoms with van der Waals surface area (Å²) < 4.78 is 32.8. The van der Waals surface area contributed by atoms with Crippen molar-refractivity contribution in [2.24, 2.45) is 0 Å². The van der Waals surface area contributed by atoms with Crippen LogP contribution in [0, 0.1) is 11.6 Å². The van der Waals surface area contributed by atoms with Gasteiger partial charge in [-0.05, 0) is 202 Å². The molecule has 8 N–H and O–H groups in total. The monoisotopic (exact) mass is 1780 g/mol. The van der Waals surface area contributed by atoms with Gasteiger partial charge in [0, 0.05) is 66.2 Å². The number of imidazole rings is 2. The van der Waals surface area contributed by atoms with E-state index in [1.54, 1.807) is 40.9 Å². The number of rotatable bonds is 19. The number of piperidine rings is 2. The number of amides is 9. The van der Waals surface area contributed by atoms with Gasteiger partial charge in [0.05, 0.1) is 85.6 Å². The summed E-state index contributed by atoms with van der Waals surface area (Å²) in [5.74, 6) is 1.16. The van der Waals surface area contributed by atoms with E-state index in [9.17, 15) is 37.5 Å². The summed E-state index contributed by atoms with van der Waals surface area (Å²) in [5, 5.41) is 19.8. The number of carbonyl (C=O) groups excluding carboxylic acids is 6. The Balaban J connectivity index is 0.000000122. The summed E-state index contributed by atoms with van der Waals surface area (Å²) in [6, 6.07) is 56.2. The zero-order valence-corrected chi connectivity index (χ0v) is 72.0. The number of ether oxygens (including phenoxy) is 1. The third-order valence-corrected chi connectivity index (χ3v) is 27.3. The first-order valence-electron chi connectivity index (χ1n) is 41.8. The molecule has 6 aliphatic heterocycles. The lowest BCUT2D eigenvalue weighted by molar-refractivity contribution is 0.0342. The topological polar surface area (TPSA) is 338 Å². The van der Waals surface area contributed by atoms with Crippen molar-refractivity contribution in [2.75, 3.05) is 101 Å². The number of halogens is 2. The molecule has 642 valence electrons. The van der Waals surface area contributed by atoms with Crippen LogP contribution in [0.2, 0.25) is 0 Å². The van der Waals surface area contributed by atoms with Crippen molar-refractivity contribution in [3.05, 3.63) is 267 Å². The van der Waals surface area contributed by atoms with E-state index in [0.717, 1.165) is 116 Å². The molecule has 35 heteroatoms. The number of nitrogens with zero attached hydrogens (tertiary/aromatic N) is 14. The van der Waals surface area contributed by atoms with Crippen molar-refractivity contribution in [2.45, 2.75) is 73.9 Å². The maximum atomic E-state index is 13.7. The number of anilines is 11. The number of thiophene rings is 3. The fourth-order valence-corrected chi connectivity index (χ4v) is 20.5. The van der Waals surface area contributed by atoms with Gasteiger partial charge >= 0.3 is 18.1 Å². The van der Waals surface area contributed by atoms with Gasteiger partial charge in [0.1, 0.15) is 71.4 Å². The molecule has 16 aromatic rings. The van der Waals surface area contributed by atoms with Crippen molar-refractivity contribution in [3.63, 3.8) is 0 Å². The number of urea groups is 3. The predicted octanol–water partition coefficient (Wildman–Crippen LogP) is 18.6. The molecule has 14 heterocycles. The molecule has 6 aliphatic rings. The van der Waals surface area contributed by atoms with E-state index in [1.807, 2.05) is 127 Å². The van der Waals surface area contributed by atoms with Gasteiger partial charge in [-0.2, -0.15) is 0 Å². The first-order chi connectivity index (χ1) is 62.5. The number of fused-ring (bicyclic) bond motifs is 2. The molecule has 0 aliphatic carbocycles. The fourth-order valence-electron chi connectivity index (χ4n) is 16.7. The Labute approximate surface area is 746 Å². The van der Waals surface area contributed by atoms with Crippen molar-refractivity contribution in [1.29, 1.82) is 0 Å². The maximum Gasteiger partial charge on any atom is 0.332 e. The van der Waals surface area contributed by atoms with Crippen LogP contribution in [0.15, 0.2) is 217 Å². The molecule has 128 heavy (non-hydrogen) atoms. The molecule has 0 saturated carbocycles. The number of H-pyrrole nitrogens is 2. The summed E-state index contributed by atoms with van der Waals surface area (Å²) in [6.45, 7) is 9.17. The summed E-state index contributed by atoms with van der Waals surface area (Å²) in [5.41, 5.74) is 11.3. The van der Waals surface area contributed by atoms with Crippen LogP contribution in [0.4, 0.5) is 86.1 Å². The van der Waals surface area contributed by atoms with Gasteiger partial charge in [0.2, 0.25) is 0 Å². The molecule has 22 rings (SSSR count). The second-order valence-corrected chi connectivity index (χ2v) is 35.9. The molecular weight excluding hydrogens is 1700 g/mol. The van der Waals surface area contributed by atoms with Crippen LogP contribution in [0.5, 0.6) is 0 Å². The van der Waals surface area contributed by atoms with Crippen LogP contribution in [0.3, 0.4) is 0 Å². The van der Waals surface area contributed by atoms with E-state index in [4.69, 9.17) is 4.74 Å². The third-order valence-electron chi connectivity index (χ3n) is 22.9. The normalized spacial score (nSPS) is 15.3. The van der Waals surface area contributed by atoms with Crippen LogP contribution >= 0.6 is 45.8 Å². The Morgan fingerprint density at radius 3 is 1.34 bits per heavy atom. The summed E-state index contributed by atoms with van der Waals surface area (Å²) in [6.07, 6.45) is 10.7. The molecule has 0 spiro atoms. The molecule has 8 aromatic heterocycles. The van der Waals surface area contributed by atoms with Crippen LogP contribution in [0.25, 0.3) is 52.7 Å². The van der Waals surface area contributed by atoms with Crippen molar-refractivity contribution in [1.82, 2.24) is 69.9 Å². The molecule has 0 radical (unpaired) electrons. The fraction of sp³-hybridized carbons (Fsp3) is 0.204. The number of aromatic amines is 2. The van der Waals surface area contributed by atoms with Gasteiger partial charge in [0.25, 0.3) is 17.7 Å². The second kappa shape index (κ2) is 35.8. The second-order valence-electron chi connectivity index (χ2n) is 31.7. The SMILES string of the molecule is CN1CCC(NC(=O)c2sc3ncnc4c3c2NC(=O)N4c2ccc(Sc3ccccc3)cc2)CC1.O=C(Nc1ccc(CN2CCCCC2)cc1)c1sc2ncnc3c2c1NC(=O)N3c1ccc2nc(Cc3cccc(F)c3)[nH]c2c1.O=C(Nc1ccc(CN2CCOCC2)cc1)c1sc2ncnc3c2c1NC(=O)N3c1ccc2nc(Cc3cccc(F)c3)[nH]c2c1. The lowest BCUT2D eigenvalue weighted by Crippen LogP contribution is -2.43. The third kappa shape index (κ3) is 17.4. The van der Waals surface area contributed by atoms with Crippen molar-refractivity contribution in [3.8, 4) is 0 Å². The molecule has 0 atom stereocenters. The van der Waals surface area contributed by atoms with Gasteiger partial charge < -0.3 is 51.5 Å². The number of nitrogens with one attached hydrogen (secondary N) is 8. The quantitative estimate of drug-likeness (QED) is 0.0373. The van der Waals surface area contributed by atoms with Gasteiger partial charge in [-0.25, -0.2) is 77.7 Å². The molecule has 8 aromatic carbocycles. The molecule has 29 nitrogen and oxygen atoms in total. The predicted molar refractivity (Wildman–Crippen MR) is 495 cm³/mol. The Kier molecular flexibility index (Phi) is 23.1. The Morgan fingerprint density at radius 1 is 0.453 bits per heavy atom. The number of hydrogen-bond acceptors (Lipinski definition) is 22.